The first-order valence-corrected chi connectivity index (χ1v) is 11.2. The van der Waals surface area contributed by atoms with Crippen LogP contribution < -0.4 is 11.1 Å². The van der Waals surface area contributed by atoms with Gasteiger partial charge in [-0.2, -0.15) is 5.26 Å². The summed E-state index contributed by atoms with van der Waals surface area (Å²) >= 11 is 0. The summed E-state index contributed by atoms with van der Waals surface area (Å²) in [7, 11) is 0.141. The van der Waals surface area contributed by atoms with E-state index in [1.807, 2.05) is 11.8 Å². The van der Waals surface area contributed by atoms with E-state index in [2.05, 4.69) is 11.4 Å². The molecule has 3 N–H and O–H groups in total. The lowest BCUT2D eigenvalue weighted by Crippen LogP contribution is -2.47. The van der Waals surface area contributed by atoms with E-state index in [9.17, 15) is 19.2 Å². The number of piperidine rings is 1. The van der Waals surface area contributed by atoms with Gasteiger partial charge >= 0.3 is 0 Å². The predicted molar refractivity (Wildman–Crippen MR) is 117 cm³/mol. The van der Waals surface area contributed by atoms with Crippen LogP contribution in [0.15, 0.2) is 24.3 Å². The van der Waals surface area contributed by atoms with Gasteiger partial charge in [0.25, 0.3) is 7.48 Å². The summed E-state index contributed by atoms with van der Waals surface area (Å²) in [4.78, 5) is 29.8. The maximum atomic E-state index is 13.3. The molecule has 3 fully saturated rings. The number of benzene rings is 1. The number of nitrogens with zero attached hydrogens (tertiary/aromatic N) is 3. The van der Waals surface area contributed by atoms with Gasteiger partial charge in [0.05, 0.1) is 30.7 Å². The summed E-state index contributed by atoms with van der Waals surface area (Å²) in [5.74, 6) is -0.740. The molecule has 1 saturated carbocycles. The Labute approximate surface area is 188 Å². The molecular formula is C22H29BFN5O3. The van der Waals surface area contributed by atoms with Crippen molar-refractivity contribution in [2.75, 3.05) is 19.8 Å². The van der Waals surface area contributed by atoms with E-state index in [1.54, 1.807) is 17.0 Å². The lowest BCUT2D eigenvalue weighted by Gasteiger charge is -2.29. The molecule has 0 bridgehead atoms. The molecule has 1 aromatic rings. The average molecular weight is 441 g/mol. The molecule has 2 aliphatic heterocycles. The van der Waals surface area contributed by atoms with Crippen molar-refractivity contribution in [1.82, 2.24) is 15.1 Å². The molecule has 10 heteroatoms. The number of carbonyl (C=O) groups excluding carboxylic acids is 2. The third-order valence-corrected chi connectivity index (χ3v) is 6.94. The molecule has 0 spiro atoms. The molecule has 32 heavy (non-hydrogen) atoms. The van der Waals surface area contributed by atoms with Gasteiger partial charge in [-0.3, -0.25) is 9.59 Å². The number of nitrogens with two attached hydrogens (primary N) is 1. The third kappa shape index (κ3) is 4.38. The van der Waals surface area contributed by atoms with E-state index in [1.165, 1.54) is 12.1 Å². The Morgan fingerprint density at radius 1 is 1.44 bits per heavy atom. The van der Waals surface area contributed by atoms with Crippen LogP contribution in [0, 0.1) is 23.1 Å². The number of likely N-dealkylation sites (tertiary alicyclic amines) is 2. The Bertz CT molecular complexity index is 895. The zero-order valence-electron chi connectivity index (χ0n) is 18.2. The van der Waals surface area contributed by atoms with Crippen LogP contribution in [-0.4, -0.2) is 67.0 Å². The van der Waals surface area contributed by atoms with Crippen molar-refractivity contribution in [2.24, 2.45) is 11.7 Å². The van der Waals surface area contributed by atoms with Crippen molar-refractivity contribution in [1.29, 1.82) is 5.26 Å². The second-order valence-corrected chi connectivity index (χ2v) is 8.88. The van der Waals surface area contributed by atoms with Crippen LogP contribution in [0.1, 0.15) is 37.8 Å². The van der Waals surface area contributed by atoms with Crippen LogP contribution in [0.4, 0.5) is 4.39 Å². The van der Waals surface area contributed by atoms with Crippen molar-refractivity contribution in [2.45, 2.75) is 56.2 Å². The first kappa shape index (κ1) is 22.7. The van der Waals surface area contributed by atoms with E-state index in [0.29, 0.717) is 13.0 Å². The van der Waals surface area contributed by atoms with Gasteiger partial charge in [-0.15, -0.1) is 0 Å². The number of hydrogen-bond donors (Lipinski definition) is 2. The highest BCUT2D eigenvalue weighted by atomic mass is 19.1. The van der Waals surface area contributed by atoms with Crippen molar-refractivity contribution in [3.8, 4) is 6.07 Å². The monoisotopic (exact) mass is 441 g/mol. The van der Waals surface area contributed by atoms with Gasteiger partial charge in [-0.05, 0) is 43.9 Å². The minimum absolute atomic E-state index is 0.00147. The van der Waals surface area contributed by atoms with E-state index in [-0.39, 0.29) is 62.4 Å². The lowest BCUT2D eigenvalue weighted by atomic mass is 9.78. The number of carbonyl (C=O) groups is 2. The van der Waals surface area contributed by atoms with Crippen molar-refractivity contribution in [3.05, 3.63) is 35.6 Å². The van der Waals surface area contributed by atoms with Gasteiger partial charge in [0.2, 0.25) is 11.8 Å². The molecule has 1 aromatic carbocycles. The smallest absolute Gasteiger partial charge is 0.290 e. The molecule has 4 rings (SSSR count). The number of fused-ring (bicyclic) bond motifs is 1. The molecule has 0 radical (unpaired) electrons. The Morgan fingerprint density at radius 3 is 2.88 bits per heavy atom. The van der Waals surface area contributed by atoms with Crippen LogP contribution >= 0.6 is 0 Å². The minimum Gasteiger partial charge on any atom is -0.427 e. The summed E-state index contributed by atoms with van der Waals surface area (Å²) < 4.78 is 18.6. The van der Waals surface area contributed by atoms with E-state index < -0.39 is 11.9 Å². The minimum atomic E-state index is -0.513. The van der Waals surface area contributed by atoms with Crippen LogP contribution in [-0.2, 0) is 14.2 Å². The maximum Gasteiger partial charge on any atom is 0.290 e. The first-order valence-electron chi connectivity index (χ1n) is 11.2. The van der Waals surface area contributed by atoms with Gasteiger partial charge < -0.3 is 25.5 Å². The molecule has 1 aliphatic carbocycles. The van der Waals surface area contributed by atoms with Crippen LogP contribution in [0.5, 0.6) is 0 Å². The Balaban J connectivity index is 1.40. The highest BCUT2D eigenvalue weighted by Gasteiger charge is 2.59. The van der Waals surface area contributed by atoms with Crippen molar-refractivity contribution in [3.63, 3.8) is 0 Å². The summed E-state index contributed by atoms with van der Waals surface area (Å²) in [6.45, 7) is 2.80. The van der Waals surface area contributed by atoms with Gasteiger partial charge in [0.1, 0.15) is 11.9 Å². The third-order valence-electron chi connectivity index (χ3n) is 6.94. The van der Waals surface area contributed by atoms with E-state index in [4.69, 9.17) is 10.4 Å². The number of halogens is 1. The van der Waals surface area contributed by atoms with Crippen molar-refractivity contribution >= 4 is 19.3 Å². The number of rotatable bonds is 9. The van der Waals surface area contributed by atoms with Gasteiger partial charge in [0.15, 0.2) is 0 Å². The van der Waals surface area contributed by atoms with Crippen LogP contribution in [0.2, 0.25) is 5.82 Å². The highest BCUT2D eigenvalue weighted by molar-refractivity contribution is 6.37. The predicted octanol–water partition coefficient (Wildman–Crippen LogP) is 0.663. The Kier molecular flexibility index (Phi) is 6.79. The number of nitrogens with one attached hydrogen (secondary N) is 1. The quantitative estimate of drug-likeness (QED) is 0.430. The van der Waals surface area contributed by atoms with Crippen molar-refractivity contribution < 1.29 is 18.6 Å². The fourth-order valence-corrected chi connectivity index (χ4v) is 5.10. The maximum absolute atomic E-state index is 13.3. The van der Waals surface area contributed by atoms with Gasteiger partial charge in [-0.1, -0.05) is 12.1 Å². The fraction of sp³-hybridized carbons (Fsp3) is 0.591. The molecule has 0 aromatic heterocycles. The Morgan fingerprint density at radius 2 is 2.19 bits per heavy atom. The molecule has 2 saturated heterocycles. The molecule has 2 heterocycles. The molecule has 3 aliphatic rings. The molecule has 6 atom stereocenters. The van der Waals surface area contributed by atoms with Gasteiger partial charge in [-0.25, -0.2) is 4.39 Å². The van der Waals surface area contributed by atoms with E-state index in [0.717, 1.165) is 18.4 Å². The molecule has 8 nitrogen and oxygen atoms in total. The second-order valence-electron chi connectivity index (χ2n) is 8.88. The molecule has 2 unspecified atom stereocenters. The number of nitriles is 1. The zero-order valence-corrected chi connectivity index (χ0v) is 18.2. The normalized spacial score (nSPS) is 28.2. The summed E-state index contributed by atoms with van der Waals surface area (Å²) in [5, 5.41) is 12.6. The van der Waals surface area contributed by atoms with Gasteiger partial charge in [0, 0.05) is 25.0 Å². The summed E-state index contributed by atoms with van der Waals surface area (Å²) in [6.07, 6.45) is 2.40. The summed E-state index contributed by atoms with van der Waals surface area (Å²) in [5.41, 5.74) is 6.36. The highest BCUT2D eigenvalue weighted by Crippen LogP contribution is 2.49. The number of amides is 2. The number of hydrogen-bond acceptors (Lipinski definition) is 6. The SMILES string of the molecule is C[C@@H](c1ccc(F)cc1)N1C(=O)[C@@H](NCC(BOCN)C(=O)N2CCCC2C#N)[C@@H]2C[C@H]21. The zero-order chi connectivity index (χ0) is 22.8. The molecule has 2 amide bonds. The largest absolute Gasteiger partial charge is 0.427 e. The molecule has 170 valence electrons. The fourth-order valence-electron chi connectivity index (χ4n) is 5.10. The van der Waals surface area contributed by atoms with E-state index >= 15 is 0 Å². The Hall–Kier alpha value is -2.48. The first-order chi connectivity index (χ1) is 15.5. The molecular weight excluding hydrogens is 412 g/mol. The average Bonchev–Trinajstić information content (AvgIpc) is 3.30. The van der Waals surface area contributed by atoms with Crippen LogP contribution in [0.3, 0.4) is 0 Å². The second kappa shape index (κ2) is 9.57. The lowest BCUT2D eigenvalue weighted by molar-refractivity contribution is -0.134. The topological polar surface area (TPSA) is 112 Å². The van der Waals surface area contributed by atoms with Crippen LogP contribution in [0.25, 0.3) is 0 Å². The summed E-state index contributed by atoms with van der Waals surface area (Å²) in [6, 6.07) is 7.69. The standard InChI is InChI=1S/C22H29BFN5O3/c1-13(14-4-6-15(24)7-5-14)29-19-9-17(19)20(22(29)31)27-11-18(23-32-12-26)21(30)28-8-2-3-16(28)10-25/h4-7,13,16-20,23,27H,2-3,8-9,11-12,26H2,1H3/t13-,16?,17+,18?,19+,20-/m0/s1.